The van der Waals surface area contributed by atoms with E-state index in [9.17, 15) is 5.11 Å². The summed E-state index contributed by atoms with van der Waals surface area (Å²) in [6.45, 7) is 1.62. The van der Waals surface area contributed by atoms with Crippen LogP contribution in [0.4, 0.5) is 0 Å². The lowest BCUT2D eigenvalue weighted by atomic mass is 9.96. The van der Waals surface area contributed by atoms with Crippen molar-refractivity contribution in [2.75, 3.05) is 13.1 Å². The molecule has 1 heterocycles. The van der Waals surface area contributed by atoms with E-state index in [1.165, 1.54) is 5.56 Å². The van der Waals surface area contributed by atoms with E-state index in [0.29, 0.717) is 0 Å². The highest BCUT2D eigenvalue weighted by Crippen LogP contribution is 2.21. The summed E-state index contributed by atoms with van der Waals surface area (Å²) in [6, 6.07) is 10.2. The molecule has 1 aliphatic rings. The average Bonchev–Trinajstić information content (AvgIpc) is 2.53. The third-order valence-corrected chi connectivity index (χ3v) is 2.41. The third kappa shape index (κ3) is 1.36. The van der Waals surface area contributed by atoms with Gasteiger partial charge in [-0.1, -0.05) is 30.3 Å². The Morgan fingerprint density at radius 2 is 1.92 bits per heavy atom. The number of hydrogen-bond acceptors (Lipinski definition) is 2. The van der Waals surface area contributed by atoms with E-state index in [0.717, 1.165) is 13.1 Å². The van der Waals surface area contributed by atoms with Gasteiger partial charge in [-0.25, -0.2) is 0 Å². The molecule has 1 saturated heterocycles. The summed E-state index contributed by atoms with van der Waals surface area (Å²) < 4.78 is 0. The van der Waals surface area contributed by atoms with Crippen molar-refractivity contribution in [3.63, 3.8) is 0 Å². The van der Waals surface area contributed by atoms with E-state index in [-0.39, 0.29) is 12.0 Å². The number of aliphatic hydroxyl groups excluding tert-OH is 1. The zero-order chi connectivity index (χ0) is 8.39. The molecule has 0 aromatic heterocycles. The average molecular weight is 163 g/mol. The molecule has 64 valence electrons. The lowest BCUT2D eigenvalue weighted by molar-refractivity contribution is 0.178. The fraction of sp³-hybridized carbons (Fsp3) is 0.400. The summed E-state index contributed by atoms with van der Waals surface area (Å²) in [6.07, 6.45) is -0.215. The minimum absolute atomic E-state index is 0.215. The molecule has 0 radical (unpaired) electrons. The molecule has 2 atom stereocenters. The van der Waals surface area contributed by atoms with Crippen LogP contribution in [0.5, 0.6) is 0 Å². The Morgan fingerprint density at radius 3 is 2.50 bits per heavy atom. The molecular formula is C10H13NO. The van der Waals surface area contributed by atoms with E-state index in [1.807, 2.05) is 18.2 Å². The molecule has 2 nitrogen and oxygen atoms in total. The fourth-order valence-corrected chi connectivity index (χ4v) is 1.71. The van der Waals surface area contributed by atoms with E-state index in [4.69, 9.17) is 0 Å². The first-order valence-corrected chi connectivity index (χ1v) is 4.31. The molecule has 2 N–H and O–H groups in total. The Labute approximate surface area is 72.2 Å². The topological polar surface area (TPSA) is 32.3 Å². The maximum absolute atomic E-state index is 9.58. The van der Waals surface area contributed by atoms with Crippen LogP contribution in [0.15, 0.2) is 30.3 Å². The quantitative estimate of drug-likeness (QED) is 0.640. The van der Waals surface area contributed by atoms with Crippen LogP contribution in [0, 0.1) is 0 Å². The highest BCUT2D eigenvalue weighted by atomic mass is 16.3. The lowest BCUT2D eigenvalue weighted by Crippen LogP contribution is -2.15. The van der Waals surface area contributed by atoms with Gasteiger partial charge in [-0.2, -0.15) is 0 Å². The molecule has 0 aliphatic carbocycles. The summed E-state index contributed by atoms with van der Waals surface area (Å²) in [5.41, 5.74) is 1.23. The van der Waals surface area contributed by atoms with E-state index in [1.54, 1.807) is 0 Å². The van der Waals surface area contributed by atoms with Crippen LogP contribution in [0.1, 0.15) is 11.5 Å². The Hall–Kier alpha value is -0.860. The minimum Gasteiger partial charge on any atom is -0.391 e. The molecule has 0 saturated carbocycles. The number of nitrogens with one attached hydrogen (secondary N) is 1. The first kappa shape index (κ1) is 7.77. The van der Waals surface area contributed by atoms with E-state index >= 15 is 0 Å². The number of benzene rings is 1. The maximum atomic E-state index is 9.58. The van der Waals surface area contributed by atoms with Gasteiger partial charge in [0.2, 0.25) is 0 Å². The van der Waals surface area contributed by atoms with Gasteiger partial charge in [0.05, 0.1) is 6.10 Å². The predicted octanol–water partition coefficient (Wildman–Crippen LogP) is 0.734. The van der Waals surface area contributed by atoms with Crippen molar-refractivity contribution in [2.24, 2.45) is 0 Å². The second-order valence-electron chi connectivity index (χ2n) is 3.24. The molecule has 0 bridgehead atoms. The van der Waals surface area contributed by atoms with Crippen LogP contribution in [0.2, 0.25) is 0 Å². The zero-order valence-corrected chi connectivity index (χ0v) is 6.90. The van der Waals surface area contributed by atoms with Crippen molar-refractivity contribution in [3.8, 4) is 0 Å². The first-order valence-electron chi connectivity index (χ1n) is 4.31. The maximum Gasteiger partial charge on any atom is 0.0745 e. The lowest BCUT2D eigenvalue weighted by Gasteiger charge is -2.12. The highest BCUT2D eigenvalue weighted by molar-refractivity contribution is 5.22. The van der Waals surface area contributed by atoms with Crippen molar-refractivity contribution in [3.05, 3.63) is 35.9 Å². The molecule has 1 aromatic carbocycles. The molecule has 1 aromatic rings. The first-order chi connectivity index (χ1) is 5.88. The van der Waals surface area contributed by atoms with Crippen molar-refractivity contribution in [2.45, 2.75) is 12.0 Å². The van der Waals surface area contributed by atoms with Crippen LogP contribution >= 0.6 is 0 Å². The van der Waals surface area contributed by atoms with Gasteiger partial charge in [0, 0.05) is 19.0 Å². The van der Waals surface area contributed by atoms with Crippen molar-refractivity contribution in [1.82, 2.24) is 5.32 Å². The molecular weight excluding hydrogens is 150 g/mol. The molecule has 2 rings (SSSR count). The second-order valence-corrected chi connectivity index (χ2v) is 3.24. The van der Waals surface area contributed by atoms with Gasteiger partial charge in [-0.3, -0.25) is 0 Å². The molecule has 1 fully saturated rings. The Bertz CT molecular complexity index is 247. The number of rotatable bonds is 1. The summed E-state index contributed by atoms with van der Waals surface area (Å²) in [7, 11) is 0. The Balaban J connectivity index is 2.19. The summed E-state index contributed by atoms with van der Waals surface area (Å²) in [5, 5.41) is 12.8. The molecule has 0 unspecified atom stereocenters. The van der Waals surface area contributed by atoms with Gasteiger partial charge < -0.3 is 10.4 Å². The minimum atomic E-state index is -0.215. The van der Waals surface area contributed by atoms with Crippen LogP contribution < -0.4 is 5.32 Å². The predicted molar refractivity (Wildman–Crippen MR) is 48.1 cm³/mol. The molecule has 0 amide bonds. The summed E-state index contributed by atoms with van der Waals surface area (Å²) >= 11 is 0. The van der Waals surface area contributed by atoms with Crippen LogP contribution in [0.3, 0.4) is 0 Å². The molecule has 0 spiro atoms. The van der Waals surface area contributed by atoms with Crippen molar-refractivity contribution < 1.29 is 5.11 Å². The fourth-order valence-electron chi connectivity index (χ4n) is 1.71. The SMILES string of the molecule is O[C@@H]1CNC[C@H]1c1ccccc1. The van der Waals surface area contributed by atoms with Gasteiger partial charge in [0.1, 0.15) is 0 Å². The van der Waals surface area contributed by atoms with Crippen LogP contribution in [0.25, 0.3) is 0 Å². The molecule has 2 heteroatoms. The number of hydrogen-bond donors (Lipinski definition) is 2. The van der Waals surface area contributed by atoms with E-state index in [2.05, 4.69) is 17.4 Å². The monoisotopic (exact) mass is 163 g/mol. The van der Waals surface area contributed by atoms with Gasteiger partial charge in [0.15, 0.2) is 0 Å². The molecule has 1 aliphatic heterocycles. The van der Waals surface area contributed by atoms with Gasteiger partial charge >= 0.3 is 0 Å². The van der Waals surface area contributed by atoms with E-state index < -0.39 is 0 Å². The standard InChI is InChI=1S/C10H13NO/c12-10-7-11-6-9(10)8-4-2-1-3-5-8/h1-5,9-12H,6-7H2/t9-,10+/m0/s1. The summed E-state index contributed by atoms with van der Waals surface area (Å²) in [5.74, 6) is 0.284. The number of β-amino-alcohol motifs (C(OH)–C–C–N with tert-alkyl or cyclic N) is 1. The smallest absolute Gasteiger partial charge is 0.0745 e. The van der Waals surface area contributed by atoms with Crippen molar-refractivity contribution in [1.29, 1.82) is 0 Å². The van der Waals surface area contributed by atoms with Gasteiger partial charge in [0.25, 0.3) is 0 Å². The van der Waals surface area contributed by atoms with Crippen molar-refractivity contribution >= 4 is 0 Å². The third-order valence-electron chi connectivity index (χ3n) is 2.41. The molecule has 12 heavy (non-hydrogen) atoms. The Kier molecular flexibility index (Phi) is 2.11. The largest absolute Gasteiger partial charge is 0.391 e. The van der Waals surface area contributed by atoms with Gasteiger partial charge in [-0.05, 0) is 5.56 Å². The normalized spacial score (nSPS) is 29.1. The van der Waals surface area contributed by atoms with Gasteiger partial charge in [-0.15, -0.1) is 0 Å². The van der Waals surface area contributed by atoms with Crippen LogP contribution in [-0.2, 0) is 0 Å². The highest BCUT2D eigenvalue weighted by Gasteiger charge is 2.25. The Morgan fingerprint density at radius 1 is 1.17 bits per heavy atom. The second kappa shape index (κ2) is 3.25. The number of aliphatic hydroxyl groups is 1. The zero-order valence-electron chi connectivity index (χ0n) is 6.90. The summed E-state index contributed by atoms with van der Waals surface area (Å²) in [4.78, 5) is 0. The van der Waals surface area contributed by atoms with Crippen LogP contribution in [-0.4, -0.2) is 24.3 Å².